The fourth-order valence-electron chi connectivity index (χ4n) is 2.94. The molecule has 0 saturated heterocycles. The number of anilines is 2. The molecular formula is C18H17N5O2. The predicted molar refractivity (Wildman–Crippen MR) is 95.3 cm³/mol. The Labute approximate surface area is 143 Å². The average Bonchev–Trinajstić information content (AvgIpc) is 3.03. The SMILES string of the molecule is O=C1CCc2cc(NC(=O)NCc3cc4cnccc4[nH]3)ccc2N1. The third kappa shape index (κ3) is 3.30. The number of hydrogen-bond acceptors (Lipinski definition) is 3. The van der Waals surface area contributed by atoms with Gasteiger partial charge in [0.05, 0.1) is 6.54 Å². The number of aryl methyl sites for hydroxylation is 1. The van der Waals surface area contributed by atoms with E-state index in [4.69, 9.17) is 0 Å². The summed E-state index contributed by atoms with van der Waals surface area (Å²) in [5, 5.41) is 9.48. The highest BCUT2D eigenvalue weighted by Crippen LogP contribution is 2.25. The number of fused-ring (bicyclic) bond motifs is 2. The molecule has 2 aromatic heterocycles. The normalized spacial score (nSPS) is 13.2. The van der Waals surface area contributed by atoms with Crippen LogP contribution in [0, 0.1) is 0 Å². The van der Waals surface area contributed by atoms with Gasteiger partial charge in [0.1, 0.15) is 0 Å². The minimum absolute atomic E-state index is 0.0273. The van der Waals surface area contributed by atoms with Crippen LogP contribution in [-0.2, 0) is 17.8 Å². The Bertz CT molecular complexity index is 930. The van der Waals surface area contributed by atoms with Gasteiger partial charge in [-0.2, -0.15) is 0 Å². The first kappa shape index (κ1) is 15.2. The Morgan fingerprint density at radius 2 is 2.12 bits per heavy atom. The van der Waals surface area contributed by atoms with Crippen molar-refractivity contribution in [3.63, 3.8) is 0 Å². The Kier molecular flexibility index (Phi) is 3.81. The van der Waals surface area contributed by atoms with E-state index in [1.165, 1.54) is 0 Å². The first-order chi connectivity index (χ1) is 12.2. The molecule has 3 amide bonds. The van der Waals surface area contributed by atoms with E-state index in [2.05, 4.69) is 25.9 Å². The summed E-state index contributed by atoms with van der Waals surface area (Å²) < 4.78 is 0. The lowest BCUT2D eigenvalue weighted by molar-refractivity contribution is -0.116. The predicted octanol–water partition coefficient (Wildman–Crippen LogP) is 2.77. The maximum atomic E-state index is 12.1. The second kappa shape index (κ2) is 6.27. The summed E-state index contributed by atoms with van der Waals surface area (Å²) >= 11 is 0. The van der Waals surface area contributed by atoms with E-state index in [1.54, 1.807) is 18.5 Å². The Balaban J connectivity index is 1.38. The molecule has 126 valence electrons. The molecule has 0 fully saturated rings. The maximum Gasteiger partial charge on any atom is 0.319 e. The Hall–Kier alpha value is -3.35. The van der Waals surface area contributed by atoms with Gasteiger partial charge in [-0.3, -0.25) is 9.78 Å². The van der Waals surface area contributed by atoms with Crippen LogP contribution in [0.15, 0.2) is 42.7 Å². The van der Waals surface area contributed by atoms with E-state index in [0.717, 1.165) is 27.8 Å². The first-order valence-corrected chi connectivity index (χ1v) is 8.06. The van der Waals surface area contributed by atoms with E-state index < -0.39 is 0 Å². The molecule has 0 unspecified atom stereocenters. The number of nitrogens with one attached hydrogen (secondary N) is 4. The van der Waals surface area contributed by atoms with Gasteiger partial charge in [0, 0.05) is 46.8 Å². The van der Waals surface area contributed by atoms with Gasteiger partial charge in [-0.25, -0.2) is 4.79 Å². The van der Waals surface area contributed by atoms with Crippen LogP contribution in [0.25, 0.3) is 10.9 Å². The monoisotopic (exact) mass is 335 g/mol. The number of benzene rings is 1. The number of nitrogens with zero attached hydrogens (tertiary/aromatic N) is 1. The summed E-state index contributed by atoms with van der Waals surface area (Å²) in [6.07, 6.45) is 4.65. The van der Waals surface area contributed by atoms with Crippen LogP contribution in [0.3, 0.4) is 0 Å². The lowest BCUT2D eigenvalue weighted by atomic mass is 10.0. The molecule has 3 aromatic rings. The molecule has 4 rings (SSSR count). The van der Waals surface area contributed by atoms with Crippen LogP contribution in [-0.4, -0.2) is 21.9 Å². The highest BCUT2D eigenvalue weighted by atomic mass is 16.2. The number of hydrogen-bond donors (Lipinski definition) is 4. The van der Waals surface area contributed by atoms with Crippen LogP contribution < -0.4 is 16.0 Å². The van der Waals surface area contributed by atoms with Crippen molar-refractivity contribution in [1.82, 2.24) is 15.3 Å². The van der Waals surface area contributed by atoms with Crippen molar-refractivity contribution in [1.29, 1.82) is 0 Å². The zero-order valence-electron chi connectivity index (χ0n) is 13.4. The molecule has 1 aromatic carbocycles. The highest BCUT2D eigenvalue weighted by molar-refractivity contribution is 5.95. The minimum atomic E-state index is -0.281. The second-order valence-electron chi connectivity index (χ2n) is 5.99. The lowest BCUT2D eigenvalue weighted by Gasteiger charge is -2.17. The Morgan fingerprint density at radius 3 is 3.00 bits per heavy atom. The topological polar surface area (TPSA) is 98.9 Å². The molecular weight excluding hydrogens is 318 g/mol. The first-order valence-electron chi connectivity index (χ1n) is 8.06. The number of aromatic amines is 1. The fourth-order valence-corrected chi connectivity index (χ4v) is 2.94. The van der Waals surface area contributed by atoms with Crippen molar-refractivity contribution in [3.05, 3.63) is 54.0 Å². The summed E-state index contributed by atoms with van der Waals surface area (Å²) in [6, 6.07) is 9.06. The average molecular weight is 335 g/mol. The summed E-state index contributed by atoms with van der Waals surface area (Å²) in [6.45, 7) is 0.390. The molecule has 3 heterocycles. The number of rotatable bonds is 3. The van der Waals surface area contributed by atoms with Gasteiger partial charge in [0.15, 0.2) is 0 Å². The number of H-pyrrole nitrogens is 1. The van der Waals surface area contributed by atoms with Gasteiger partial charge >= 0.3 is 6.03 Å². The third-order valence-electron chi connectivity index (χ3n) is 4.17. The summed E-state index contributed by atoms with van der Waals surface area (Å²) in [7, 11) is 0. The van der Waals surface area contributed by atoms with Crippen LogP contribution in [0.5, 0.6) is 0 Å². The molecule has 0 atom stereocenters. The van der Waals surface area contributed by atoms with Gasteiger partial charge in [-0.1, -0.05) is 0 Å². The maximum absolute atomic E-state index is 12.1. The van der Waals surface area contributed by atoms with Crippen molar-refractivity contribution in [3.8, 4) is 0 Å². The van der Waals surface area contributed by atoms with Gasteiger partial charge < -0.3 is 20.9 Å². The lowest BCUT2D eigenvalue weighted by Crippen LogP contribution is -2.28. The van der Waals surface area contributed by atoms with E-state index in [0.29, 0.717) is 25.1 Å². The quantitative estimate of drug-likeness (QED) is 0.592. The van der Waals surface area contributed by atoms with Crippen molar-refractivity contribution >= 4 is 34.2 Å². The van der Waals surface area contributed by atoms with E-state index in [-0.39, 0.29) is 11.9 Å². The number of urea groups is 1. The molecule has 0 bridgehead atoms. The van der Waals surface area contributed by atoms with Gasteiger partial charge in [-0.05, 0) is 42.3 Å². The van der Waals surface area contributed by atoms with Crippen LogP contribution >= 0.6 is 0 Å². The molecule has 0 saturated carbocycles. The molecule has 7 heteroatoms. The van der Waals surface area contributed by atoms with Crippen LogP contribution in [0.4, 0.5) is 16.2 Å². The van der Waals surface area contributed by atoms with Gasteiger partial charge in [-0.15, -0.1) is 0 Å². The number of amides is 3. The fraction of sp³-hybridized carbons (Fsp3) is 0.167. The summed E-state index contributed by atoms with van der Waals surface area (Å²) in [5.74, 6) is 0.0273. The largest absolute Gasteiger partial charge is 0.357 e. The molecule has 4 N–H and O–H groups in total. The third-order valence-corrected chi connectivity index (χ3v) is 4.17. The van der Waals surface area contributed by atoms with E-state index in [9.17, 15) is 9.59 Å². The van der Waals surface area contributed by atoms with Crippen molar-refractivity contribution in [2.45, 2.75) is 19.4 Å². The smallest absolute Gasteiger partial charge is 0.319 e. The van der Waals surface area contributed by atoms with Crippen molar-refractivity contribution < 1.29 is 9.59 Å². The zero-order valence-corrected chi connectivity index (χ0v) is 13.4. The highest BCUT2D eigenvalue weighted by Gasteiger charge is 2.15. The number of carbonyl (C=O) groups excluding carboxylic acids is 2. The molecule has 1 aliphatic heterocycles. The zero-order chi connectivity index (χ0) is 17.2. The van der Waals surface area contributed by atoms with Crippen molar-refractivity contribution in [2.75, 3.05) is 10.6 Å². The number of pyridine rings is 1. The molecule has 1 aliphatic rings. The summed E-state index contributed by atoms with van der Waals surface area (Å²) in [4.78, 5) is 30.8. The van der Waals surface area contributed by atoms with E-state index in [1.807, 2.05) is 24.3 Å². The van der Waals surface area contributed by atoms with Crippen LogP contribution in [0.2, 0.25) is 0 Å². The Morgan fingerprint density at radius 1 is 1.20 bits per heavy atom. The van der Waals surface area contributed by atoms with Crippen molar-refractivity contribution in [2.24, 2.45) is 0 Å². The van der Waals surface area contributed by atoms with Gasteiger partial charge in [0.25, 0.3) is 0 Å². The summed E-state index contributed by atoms with van der Waals surface area (Å²) in [5.41, 5.74) is 4.44. The second-order valence-corrected chi connectivity index (χ2v) is 5.99. The molecule has 0 radical (unpaired) electrons. The number of aromatic nitrogens is 2. The molecule has 0 spiro atoms. The van der Waals surface area contributed by atoms with E-state index >= 15 is 0 Å². The number of carbonyl (C=O) groups is 2. The van der Waals surface area contributed by atoms with Crippen LogP contribution in [0.1, 0.15) is 17.7 Å². The molecule has 25 heavy (non-hydrogen) atoms. The minimum Gasteiger partial charge on any atom is -0.357 e. The van der Waals surface area contributed by atoms with Gasteiger partial charge in [0.2, 0.25) is 5.91 Å². The standard InChI is InChI=1S/C18H17N5O2/c24-17-4-1-11-7-13(2-3-15(11)23-17)22-18(25)20-10-14-8-12-9-19-6-5-16(12)21-14/h2-3,5-9,21H,1,4,10H2,(H,23,24)(H2,20,22,25). The molecule has 7 nitrogen and oxygen atoms in total. The molecule has 0 aliphatic carbocycles.